The fourth-order valence-electron chi connectivity index (χ4n) is 3.06. The molecule has 3 rings (SSSR count). The molecule has 1 aromatic carbocycles. The predicted octanol–water partition coefficient (Wildman–Crippen LogP) is 3.27. The Bertz CT molecular complexity index is 627. The lowest BCUT2D eigenvalue weighted by Crippen LogP contribution is -2.36. The van der Waals surface area contributed by atoms with Crippen LogP contribution in [0.15, 0.2) is 22.7 Å². The van der Waals surface area contributed by atoms with Crippen molar-refractivity contribution < 1.29 is 4.52 Å². The molecule has 21 heavy (non-hydrogen) atoms. The Morgan fingerprint density at radius 2 is 2.14 bits per heavy atom. The summed E-state index contributed by atoms with van der Waals surface area (Å²) in [6.45, 7) is 7.46. The first-order chi connectivity index (χ1) is 10.1. The van der Waals surface area contributed by atoms with Crippen molar-refractivity contribution >= 4 is 0 Å². The number of hydrogen-bond acceptors (Lipinski definition) is 4. The summed E-state index contributed by atoms with van der Waals surface area (Å²) in [5.74, 6) is 1.52. The minimum atomic E-state index is -0.103. The van der Waals surface area contributed by atoms with Gasteiger partial charge in [0.1, 0.15) is 0 Å². The Morgan fingerprint density at radius 1 is 1.29 bits per heavy atom. The molecule has 1 fully saturated rings. The average molecular weight is 285 g/mol. The second-order valence-corrected chi connectivity index (χ2v) is 6.08. The van der Waals surface area contributed by atoms with Gasteiger partial charge in [-0.3, -0.25) is 0 Å². The van der Waals surface area contributed by atoms with Gasteiger partial charge in [0.15, 0.2) is 5.82 Å². The molecule has 1 aromatic heterocycles. The Morgan fingerprint density at radius 3 is 2.81 bits per heavy atom. The van der Waals surface area contributed by atoms with E-state index in [1.54, 1.807) is 0 Å². The standard InChI is InChI=1S/C17H23N3O/c1-4-17(8-5-9-18-17)16-19-15(20-21-16)11-14-7-6-12(2)13(3)10-14/h6-7,10,18H,4-5,8-9,11H2,1-3H3. The van der Waals surface area contributed by atoms with Crippen molar-refractivity contribution in [3.8, 4) is 0 Å². The van der Waals surface area contributed by atoms with Gasteiger partial charge in [-0.2, -0.15) is 4.98 Å². The number of aromatic nitrogens is 2. The number of nitrogens with one attached hydrogen (secondary N) is 1. The molecular formula is C17H23N3O. The Labute approximate surface area is 126 Å². The largest absolute Gasteiger partial charge is 0.337 e. The van der Waals surface area contributed by atoms with E-state index in [0.717, 1.165) is 37.5 Å². The molecule has 4 nitrogen and oxygen atoms in total. The zero-order valence-electron chi connectivity index (χ0n) is 13.1. The molecule has 2 heterocycles. The van der Waals surface area contributed by atoms with E-state index >= 15 is 0 Å². The first-order valence-corrected chi connectivity index (χ1v) is 7.77. The van der Waals surface area contributed by atoms with Crippen molar-refractivity contribution in [1.82, 2.24) is 15.5 Å². The quantitative estimate of drug-likeness (QED) is 0.936. The minimum absolute atomic E-state index is 0.103. The topological polar surface area (TPSA) is 51.0 Å². The highest BCUT2D eigenvalue weighted by molar-refractivity contribution is 5.31. The molecule has 4 heteroatoms. The van der Waals surface area contributed by atoms with Crippen molar-refractivity contribution in [3.05, 3.63) is 46.6 Å². The number of benzene rings is 1. The van der Waals surface area contributed by atoms with Gasteiger partial charge >= 0.3 is 0 Å². The molecule has 1 aliphatic rings. The average Bonchev–Trinajstić information content (AvgIpc) is 3.12. The lowest BCUT2D eigenvalue weighted by Gasteiger charge is -2.22. The second kappa shape index (κ2) is 5.60. The van der Waals surface area contributed by atoms with E-state index in [-0.39, 0.29) is 5.54 Å². The molecule has 1 unspecified atom stereocenters. The maximum Gasteiger partial charge on any atom is 0.246 e. The summed E-state index contributed by atoms with van der Waals surface area (Å²) >= 11 is 0. The third-order valence-electron chi connectivity index (χ3n) is 4.66. The lowest BCUT2D eigenvalue weighted by atomic mass is 9.94. The molecule has 1 aliphatic heterocycles. The van der Waals surface area contributed by atoms with E-state index in [2.05, 4.69) is 54.4 Å². The van der Waals surface area contributed by atoms with E-state index in [4.69, 9.17) is 4.52 Å². The summed E-state index contributed by atoms with van der Waals surface area (Å²) in [5.41, 5.74) is 3.75. The van der Waals surface area contributed by atoms with Crippen molar-refractivity contribution in [2.24, 2.45) is 0 Å². The summed E-state index contributed by atoms with van der Waals surface area (Å²) in [5, 5.41) is 7.71. The smallest absolute Gasteiger partial charge is 0.246 e. The van der Waals surface area contributed by atoms with Crippen LogP contribution in [0.2, 0.25) is 0 Å². The fraction of sp³-hybridized carbons (Fsp3) is 0.529. The molecule has 0 radical (unpaired) electrons. The van der Waals surface area contributed by atoms with Crippen molar-refractivity contribution in [2.75, 3.05) is 6.54 Å². The molecule has 2 aromatic rings. The Kier molecular flexibility index (Phi) is 3.81. The van der Waals surface area contributed by atoms with E-state index in [1.807, 2.05) is 0 Å². The first kappa shape index (κ1) is 14.3. The first-order valence-electron chi connectivity index (χ1n) is 7.77. The maximum atomic E-state index is 5.55. The van der Waals surface area contributed by atoms with Gasteiger partial charge in [-0.15, -0.1) is 0 Å². The summed E-state index contributed by atoms with van der Waals surface area (Å²) in [6.07, 6.45) is 3.96. The fourth-order valence-corrected chi connectivity index (χ4v) is 3.06. The molecule has 1 saturated heterocycles. The van der Waals surface area contributed by atoms with Gasteiger partial charge in [0, 0.05) is 6.42 Å². The molecule has 0 bridgehead atoms. The second-order valence-electron chi connectivity index (χ2n) is 6.08. The molecule has 112 valence electrons. The Balaban J connectivity index is 1.80. The summed E-state index contributed by atoms with van der Waals surface area (Å²) in [7, 11) is 0. The summed E-state index contributed by atoms with van der Waals surface area (Å²) in [4.78, 5) is 4.64. The lowest BCUT2D eigenvalue weighted by molar-refractivity contribution is 0.249. The van der Waals surface area contributed by atoms with Crippen LogP contribution in [-0.2, 0) is 12.0 Å². The molecule has 1 N–H and O–H groups in total. The highest BCUT2D eigenvalue weighted by atomic mass is 16.5. The Hall–Kier alpha value is -1.68. The van der Waals surface area contributed by atoms with Gasteiger partial charge in [0.05, 0.1) is 5.54 Å². The third-order valence-corrected chi connectivity index (χ3v) is 4.66. The molecule has 0 spiro atoms. The van der Waals surface area contributed by atoms with Gasteiger partial charge in [-0.05, 0) is 56.3 Å². The van der Waals surface area contributed by atoms with Crippen LogP contribution in [-0.4, -0.2) is 16.7 Å². The number of nitrogens with zero attached hydrogens (tertiary/aromatic N) is 2. The van der Waals surface area contributed by atoms with Crippen LogP contribution in [0.5, 0.6) is 0 Å². The van der Waals surface area contributed by atoms with Crippen molar-refractivity contribution in [3.63, 3.8) is 0 Å². The van der Waals surface area contributed by atoms with Crippen LogP contribution in [0.25, 0.3) is 0 Å². The maximum absolute atomic E-state index is 5.55. The van der Waals surface area contributed by atoms with Crippen LogP contribution in [0.3, 0.4) is 0 Å². The van der Waals surface area contributed by atoms with Gasteiger partial charge in [0.25, 0.3) is 0 Å². The summed E-state index contributed by atoms with van der Waals surface area (Å²) < 4.78 is 5.55. The zero-order valence-corrected chi connectivity index (χ0v) is 13.1. The van der Waals surface area contributed by atoms with Crippen LogP contribution in [0, 0.1) is 13.8 Å². The van der Waals surface area contributed by atoms with Crippen molar-refractivity contribution in [2.45, 2.75) is 52.0 Å². The van der Waals surface area contributed by atoms with E-state index in [9.17, 15) is 0 Å². The van der Waals surface area contributed by atoms with Crippen molar-refractivity contribution in [1.29, 1.82) is 0 Å². The van der Waals surface area contributed by atoms with Crippen LogP contribution in [0.1, 0.15) is 54.6 Å². The van der Waals surface area contributed by atoms with E-state index in [1.165, 1.54) is 23.1 Å². The SMILES string of the molecule is CCC1(c2nc(Cc3ccc(C)c(C)c3)no2)CCCN1. The van der Waals surface area contributed by atoms with Crippen LogP contribution >= 0.6 is 0 Å². The third kappa shape index (κ3) is 2.72. The molecular weight excluding hydrogens is 262 g/mol. The minimum Gasteiger partial charge on any atom is -0.337 e. The van der Waals surface area contributed by atoms with Crippen LogP contribution in [0.4, 0.5) is 0 Å². The van der Waals surface area contributed by atoms with E-state index in [0.29, 0.717) is 0 Å². The number of rotatable bonds is 4. The van der Waals surface area contributed by atoms with Gasteiger partial charge < -0.3 is 9.84 Å². The molecule has 0 amide bonds. The molecule has 0 aliphatic carbocycles. The number of aryl methyl sites for hydroxylation is 2. The number of hydrogen-bond donors (Lipinski definition) is 1. The highest BCUT2D eigenvalue weighted by Crippen LogP contribution is 2.32. The monoisotopic (exact) mass is 285 g/mol. The van der Waals surface area contributed by atoms with Gasteiger partial charge in [-0.1, -0.05) is 30.3 Å². The van der Waals surface area contributed by atoms with E-state index < -0.39 is 0 Å². The van der Waals surface area contributed by atoms with Crippen LogP contribution < -0.4 is 5.32 Å². The predicted molar refractivity (Wildman–Crippen MR) is 82.2 cm³/mol. The zero-order chi connectivity index (χ0) is 14.9. The van der Waals surface area contributed by atoms with Gasteiger partial charge in [0.2, 0.25) is 5.89 Å². The van der Waals surface area contributed by atoms with Gasteiger partial charge in [-0.25, -0.2) is 0 Å². The highest BCUT2D eigenvalue weighted by Gasteiger charge is 2.38. The molecule has 0 saturated carbocycles. The summed E-state index contributed by atoms with van der Waals surface area (Å²) in [6, 6.07) is 6.49. The normalized spacial score (nSPS) is 21.9. The molecule has 1 atom stereocenters.